The van der Waals surface area contributed by atoms with Gasteiger partial charge in [0.1, 0.15) is 0 Å². The Hall–Kier alpha value is -3.54. The van der Waals surface area contributed by atoms with E-state index in [9.17, 15) is 9.59 Å². The van der Waals surface area contributed by atoms with Crippen molar-refractivity contribution < 1.29 is 9.59 Å². The second kappa shape index (κ2) is 9.94. The van der Waals surface area contributed by atoms with Crippen molar-refractivity contribution >= 4 is 11.8 Å². The molecule has 0 spiro atoms. The molecule has 0 N–H and O–H groups in total. The molecule has 4 rings (SSSR count). The van der Waals surface area contributed by atoms with Gasteiger partial charge in [0.25, 0.3) is 0 Å². The summed E-state index contributed by atoms with van der Waals surface area (Å²) in [6, 6.07) is 15.9. The van der Waals surface area contributed by atoms with Gasteiger partial charge in [-0.1, -0.05) is 36.4 Å². The molecule has 1 aliphatic rings. The predicted molar refractivity (Wildman–Crippen MR) is 128 cm³/mol. The first-order chi connectivity index (χ1) is 16.0. The van der Waals surface area contributed by atoms with E-state index in [0.29, 0.717) is 25.9 Å². The fourth-order valence-corrected chi connectivity index (χ4v) is 4.85. The summed E-state index contributed by atoms with van der Waals surface area (Å²) < 4.78 is 0. The third kappa shape index (κ3) is 5.11. The summed E-state index contributed by atoms with van der Waals surface area (Å²) in [5.74, 6) is 0.113. The first-order valence-electron chi connectivity index (χ1n) is 11.4. The molecule has 0 saturated carbocycles. The molecule has 0 aliphatic carbocycles. The van der Waals surface area contributed by atoms with Gasteiger partial charge < -0.3 is 9.80 Å². The molecule has 0 unspecified atom stereocenters. The third-order valence-electron chi connectivity index (χ3n) is 6.39. The molecule has 1 aromatic carbocycles. The summed E-state index contributed by atoms with van der Waals surface area (Å²) >= 11 is 0. The Kier molecular flexibility index (Phi) is 6.82. The van der Waals surface area contributed by atoms with Crippen LogP contribution in [0.4, 0.5) is 0 Å². The fourth-order valence-electron chi connectivity index (χ4n) is 4.85. The zero-order chi connectivity index (χ0) is 23.3. The summed E-state index contributed by atoms with van der Waals surface area (Å²) in [4.78, 5) is 38.6. The van der Waals surface area contributed by atoms with Crippen molar-refractivity contribution in [2.24, 2.45) is 5.41 Å². The minimum Gasteiger partial charge on any atom is -0.348 e. The van der Waals surface area contributed by atoms with Gasteiger partial charge in [0.15, 0.2) is 0 Å². The number of carbonyl (C=O) groups excluding carboxylic acids is 2. The van der Waals surface area contributed by atoms with Gasteiger partial charge >= 0.3 is 0 Å². The second-order valence-electron chi connectivity index (χ2n) is 9.01. The molecule has 6 heteroatoms. The van der Waals surface area contributed by atoms with Crippen LogP contribution in [0.15, 0.2) is 73.3 Å². The molecule has 6 nitrogen and oxygen atoms in total. The number of piperidine rings is 1. The van der Waals surface area contributed by atoms with Crippen LogP contribution in [0.25, 0.3) is 11.1 Å². The van der Waals surface area contributed by atoms with Gasteiger partial charge in [-0.3, -0.25) is 19.6 Å². The van der Waals surface area contributed by atoms with Gasteiger partial charge in [-0.15, -0.1) is 0 Å². The summed E-state index contributed by atoms with van der Waals surface area (Å²) in [7, 11) is 3.60. The lowest BCUT2D eigenvalue weighted by Gasteiger charge is -2.43. The number of amides is 2. The summed E-state index contributed by atoms with van der Waals surface area (Å²) in [6.07, 6.45) is 9.47. The van der Waals surface area contributed by atoms with Crippen LogP contribution in [0.5, 0.6) is 0 Å². The maximum Gasteiger partial charge on any atom is 0.230 e. The molecule has 0 bridgehead atoms. The number of likely N-dealkylation sites (tertiary alicyclic amines) is 1. The first-order valence-corrected chi connectivity index (χ1v) is 11.4. The van der Waals surface area contributed by atoms with Gasteiger partial charge in [0.05, 0.1) is 11.8 Å². The molecule has 3 aromatic rings. The zero-order valence-corrected chi connectivity index (χ0v) is 19.3. The average Bonchev–Trinajstić information content (AvgIpc) is 2.85. The number of benzene rings is 1. The number of rotatable bonds is 6. The van der Waals surface area contributed by atoms with Crippen LogP contribution in [0.3, 0.4) is 0 Å². The lowest BCUT2D eigenvalue weighted by Crippen LogP contribution is -2.54. The van der Waals surface area contributed by atoms with E-state index in [1.54, 1.807) is 37.6 Å². The Labute approximate surface area is 195 Å². The minimum absolute atomic E-state index is 0.0409. The van der Waals surface area contributed by atoms with Crippen molar-refractivity contribution in [3.8, 4) is 11.1 Å². The SMILES string of the molecule is CN(C)C(=O)[C@]1(Cc2ccccc2-c2cccnc2)CCCN(C(=O)Cc2cccnc2)C1. The zero-order valence-electron chi connectivity index (χ0n) is 19.3. The maximum absolute atomic E-state index is 13.6. The summed E-state index contributed by atoms with van der Waals surface area (Å²) in [5.41, 5.74) is 3.43. The molecule has 1 fully saturated rings. The third-order valence-corrected chi connectivity index (χ3v) is 6.39. The first kappa shape index (κ1) is 22.6. The molecule has 170 valence electrons. The van der Waals surface area contributed by atoms with Crippen molar-refractivity contribution in [1.82, 2.24) is 19.8 Å². The smallest absolute Gasteiger partial charge is 0.230 e. The molecule has 1 saturated heterocycles. The molecule has 0 radical (unpaired) electrons. The van der Waals surface area contributed by atoms with Crippen molar-refractivity contribution in [1.29, 1.82) is 0 Å². The lowest BCUT2D eigenvalue weighted by molar-refractivity contribution is -0.147. The van der Waals surface area contributed by atoms with Crippen molar-refractivity contribution in [3.05, 3.63) is 84.4 Å². The van der Waals surface area contributed by atoms with Gasteiger partial charge in [-0.25, -0.2) is 0 Å². The van der Waals surface area contributed by atoms with Crippen molar-refractivity contribution in [2.45, 2.75) is 25.7 Å². The molecule has 1 aliphatic heterocycles. The van der Waals surface area contributed by atoms with Crippen LogP contribution in [0.1, 0.15) is 24.0 Å². The Morgan fingerprint density at radius 3 is 2.45 bits per heavy atom. The molecule has 1 atom stereocenters. The van der Waals surface area contributed by atoms with E-state index in [1.807, 2.05) is 47.5 Å². The van der Waals surface area contributed by atoms with Crippen LogP contribution in [0, 0.1) is 5.41 Å². The van der Waals surface area contributed by atoms with E-state index in [0.717, 1.165) is 35.1 Å². The van der Waals surface area contributed by atoms with E-state index < -0.39 is 5.41 Å². The highest BCUT2D eigenvalue weighted by atomic mass is 16.2. The minimum atomic E-state index is -0.662. The molecular weight excluding hydrogens is 412 g/mol. The second-order valence-corrected chi connectivity index (χ2v) is 9.01. The van der Waals surface area contributed by atoms with Gasteiger partial charge in [0.2, 0.25) is 11.8 Å². The molecule has 2 amide bonds. The summed E-state index contributed by atoms with van der Waals surface area (Å²) in [6.45, 7) is 1.09. The van der Waals surface area contributed by atoms with Crippen molar-refractivity contribution in [3.63, 3.8) is 0 Å². The highest BCUT2D eigenvalue weighted by Crippen LogP contribution is 2.38. The van der Waals surface area contributed by atoms with Crippen LogP contribution < -0.4 is 0 Å². The van der Waals surface area contributed by atoms with Crippen LogP contribution >= 0.6 is 0 Å². The predicted octanol–water partition coefficient (Wildman–Crippen LogP) is 3.63. The van der Waals surface area contributed by atoms with E-state index in [2.05, 4.69) is 22.1 Å². The Morgan fingerprint density at radius 1 is 1.00 bits per heavy atom. The number of hydrogen-bond acceptors (Lipinski definition) is 4. The highest BCUT2D eigenvalue weighted by molar-refractivity contribution is 5.85. The van der Waals surface area contributed by atoms with Gasteiger partial charge in [-0.2, -0.15) is 0 Å². The number of carbonyl (C=O) groups is 2. The lowest BCUT2D eigenvalue weighted by atomic mass is 9.73. The summed E-state index contributed by atoms with van der Waals surface area (Å²) in [5, 5.41) is 0. The monoisotopic (exact) mass is 442 g/mol. The van der Waals surface area contributed by atoms with Crippen LogP contribution in [-0.2, 0) is 22.4 Å². The van der Waals surface area contributed by atoms with E-state index in [4.69, 9.17) is 0 Å². The average molecular weight is 443 g/mol. The van der Waals surface area contributed by atoms with Crippen LogP contribution in [-0.4, -0.2) is 58.8 Å². The quantitative estimate of drug-likeness (QED) is 0.585. The molecule has 33 heavy (non-hydrogen) atoms. The molecule has 2 aromatic heterocycles. The molecule has 3 heterocycles. The van der Waals surface area contributed by atoms with E-state index in [1.165, 1.54) is 0 Å². The normalized spacial score (nSPS) is 18.1. The van der Waals surface area contributed by atoms with Gasteiger partial charge in [0, 0.05) is 57.5 Å². The van der Waals surface area contributed by atoms with Crippen molar-refractivity contribution in [2.75, 3.05) is 27.2 Å². The number of aromatic nitrogens is 2. The number of nitrogens with zero attached hydrogens (tertiary/aromatic N) is 4. The topological polar surface area (TPSA) is 66.4 Å². The maximum atomic E-state index is 13.6. The Bertz CT molecular complexity index is 1100. The van der Waals surface area contributed by atoms with Gasteiger partial charge in [-0.05, 0) is 48.1 Å². The fraction of sp³-hybridized carbons (Fsp3) is 0.333. The Balaban J connectivity index is 1.64. The Morgan fingerprint density at radius 2 is 1.76 bits per heavy atom. The number of pyridine rings is 2. The molecular formula is C27H30N4O2. The highest BCUT2D eigenvalue weighted by Gasteiger charge is 2.44. The van der Waals surface area contributed by atoms with E-state index >= 15 is 0 Å². The standard InChI is InChI=1S/C27H30N4O2/c1-30(2)26(33)27(17-22-9-3-4-11-24(22)23-10-6-14-29-19-23)12-7-15-31(20-27)25(32)16-21-8-5-13-28-18-21/h3-6,8-11,13-14,18-19H,7,12,15-17,20H2,1-2H3/t27-/m0/s1. The van der Waals surface area contributed by atoms with E-state index in [-0.39, 0.29) is 11.8 Å². The largest absolute Gasteiger partial charge is 0.348 e. The number of hydrogen-bond donors (Lipinski definition) is 0. The van der Waals surface area contributed by atoms with Crippen LogP contribution in [0.2, 0.25) is 0 Å².